The Labute approximate surface area is 144 Å². The maximum atomic E-state index is 12.3. The smallest absolute Gasteiger partial charge is 0.238 e. The van der Waals surface area contributed by atoms with Gasteiger partial charge in [0.1, 0.15) is 0 Å². The van der Waals surface area contributed by atoms with Gasteiger partial charge in [0.05, 0.1) is 6.54 Å². The molecule has 1 aromatic rings. The van der Waals surface area contributed by atoms with Crippen LogP contribution in [0.2, 0.25) is 0 Å². The van der Waals surface area contributed by atoms with Crippen molar-refractivity contribution < 1.29 is 4.79 Å². The minimum Gasteiger partial charge on any atom is -0.325 e. The zero-order valence-electron chi connectivity index (χ0n) is 13.5. The van der Waals surface area contributed by atoms with Crippen molar-refractivity contribution in [2.75, 3.05) is 25.0 Å². The molecule has 4 rings (SSSR count). The minimum atomic E-state index is 0. The quantitative estimate of drug-likeness (QED) is 0.891. The van der Waals surface area contributed by atoms with Crippen LogP contribution in [0.4, 0.5) is 5.69 Å². The van der Waals surface area contributed by atoms with Crippen LogP contribution in [0.1, 0.15) is 36.8 Å². The fraction of sp³-hybridized carbons (Fsp3) is 0.611. The molecular formula is C18H26ClN3O. The van der Waals surface area contributed by atoms with Crippen LogP contribution in [0, 0.1) is 0 Å². The molecule has 1 amide bonds. The Bertz CT molecular complexity index is 577. The van der Waals surface area contributed by atoms with E-state index in [-0.39, 0.29) is 18.3 Å². The van der Waals surface area contributed by atoms with E-state index >= 15 is 0 Å². The minimum absolute atomic E-state index is 0. The number of hydrogen-bond donors (Lipinski definition) is 2. The van der Waals surface area contributed by atoms with Gasteiger partial charge in [-0.2, -0.15) is 0 Å². The second-order valence-corrected chi connectivity index (χ2v) is 7.05. The van der Waals surface area contributed by atoms with Crippen molar-refractivity contribution in [3.63, 3.8) is 0 Å². The van der Waals surface area contributed by atoms with E-state index in [0.29, 0.717) is 18.6 Å². The highest BCUT2D eigenvalue weighted by molar-refractivity contribution is 5.92. The van der Waals surface area contributed by atoms with Crippen molar-refractivity contribution in [2.24, 2.45) is 0 Å². The fourth-order valence-electron chi connectivity index (χ4n) is 4.21. The Morgan fingerprint density at radius 3 is 2.91 bits per heavy atom. The molecule has 23 heavy (non-hydrogen) atoms. The van der Waals surface area contributed by atoms with Gasteiger partial charge in [-0.05, 0) is 61.8 Å². The predicted octanol–water partition coefficient (Wildman–Crippen LogP) is 2.36. The topological polar surface area (TPSA) is 44.4 Å². The third kappa shape index (κ3) is 3.87. The highest BCUT2D eigenvalue weighted by atomic mass is 35.5. The van der Waals surface area contributed by atoms with E-state index < -0.39 is 0 Å². The summed E-state index contributed by atoms with van der Waals surface area (Å²) in [5, 5.41) is 6.74. The van der Waals surface area contributed by atoms with Crippen LogP contribution in [0.25, 0.3) is 0 Å². The van der Waals surface area contributed by atoms with Crippen molar-refractivity contribution in [1.82, 2.24) is 10.2 Å². The molecule has 0 aromatic heterocycles. The van der Waals surface area contributed by atoms with Crippen LogP contribution >= 0.6 is 12.4 Å². The van der Waals surface area contributed by atoms with Gasteiger partial charge < -0.3 is 10.6 Å². The molecule has 0 radical (unpaired) electrons. The number of carbonyl (C=O) groups is 1. The lowest BCUT2D eigenvalue weighted by Crippen LogP contribution is -2.39. The summed E-state index contributed by atoms with van der Waals surface area (Å²) in [4.78, 5) is 14.6. The van der Waals surface area contributed by atoms with Crippen molar-refractivity contribution in [2.45, 2.75) is 50.6 Å². The summed E-state index contributed by atoms with van der Waals surface area (Å²) in [5.74, 6) is 0.121. The zero-order chi connectivity index (χ0) is 14.9. The first-order valence-electron chi connectivity index (χ1n) is 8.66. The summed E-state index contributed by atoms with van der Waals surface area (Å²) in [7, 11) is 0. The zero-order valence-corrected chi connectivity index (χ0v) is 14.3. The summed E-state index contributed by atoms with van der Waals surface area (Å²) < 4.78 is 0. The third-order valence-corrected chi connectivity index (χ3v) is 5.36. The van der Waals surface area contributed by atoms with Gasteiger partial charge in [-0.15, -0.1) is 12.4 Å². The molecule has 0 spiro atoms. The molecule has 126 valence electrons. The average Bonchev–Trinajstić information content (AvgIpc) is 3.07. The Kier molecular flexibility index (Phi) is 5.24. The van der Waals surface area contributed by atoms with Crippen LogP contribution in [-0.2, 0) is 17.6 Å². The summed E-state index contributed by atoms with van der Waals surface area (Å²) in [6.45, 7) is 2.56. The number of benzene rings is 1. The van der Waals surface area contributed by atoms with Gasteiger partial charge in [-0.25, -0.2) is 0 Å². The van der Waals surface area contributed by atoms with Crippen molar-refractivity contribution in [3.05, 3.63) is 29.3 Å². The van der Waals surface area contributed by atoms with E-state index in [4.69, 9.17) is 0 Å². The summed E-state index contributed by atoms with van der Waals surface area (Å²) in [6.07, 6.45) is 7.32. The number of likely N-dealkylation sites (tertiary alicyclic amines) is 1. The molecule has 2 atom stereocenters. The molecule has 2 aliphatic heterocycles. The molecule has 1 aromatic carbocycles. The van der Waals surface area contributed by atoms with Crippen LogP contribution in [0.3, 0.4) is 0 Å². The number of nitrogens with one attached hydrogen (secondary N) is 2. The first kappa shape index (κ1) is 16.7. The molecule has 2 N–H and O–H groups in total. The molecule has 2 fully saturated rings. The van der Waals surface area contributed by atoms with Gasteiger partial charge in [-0.3, -0.25) is 9.69 Å². The molecule has 2 heterocycles. The lowest BCUT2D eigenvalue weighted by atomic mass is 10.1. The predicted molar refractivity (Wildman–Crippen MR) is 95.3 cm³/mol. The number of halogens is 1. The monoisotopic (exact) mass is 335 g/mol. The van der Waals surface area contributed by atoms with Crippen molar-refractivity contribution >= 4 is 24.0 Å². The van der Waals surface area contributed by atoms with E-state index in [1.807, 2.05) is 6.07 Å². The lowest BCUT2D eigenvalue weighted by Gasteiger charge is -2.23. The highest BCUT2D eigenvalue weighted by Crippen LogP contribution is 2.25. The molecule has 1 aliphatic carbocycles. The van der Waals surface area contributed by atoms with E-state index in [2.05, 4.69) is 27.7 Å². The number of hydrogen-bond acceptors (Lipinski definition) is 3. The molecule has 0 saturated carbocycles. The van der Waals surface area contributed by atoms with Crippen LogP contribution < -0.4 is 10.6 Å². The van der Waals surface area contributed by atoms with Gasteiger partial charge in [0.25, 0.3) is 0 Å². The highest BCUT2D eigenvalue weighted by Gasteiger charge is 2.29. The number of aryl methyl sites for hydroxylation is 2. The third-order valence-electron chi connectivity index (χ3n) is 5.36. The number of rotatable bonds is 3. The van der Waals surface area contributed by atoms with Crippen molar-refractivity contribution in [3.8, 4) is 0 Å². The molecule has 3 aliphatic rings. The van der Waals surface area contributed by atoms with Crippen LogP contribution in [0.5, 0.6) is 0 Å². The fourth-order valence-corrected chi connectivity index (χ4v) is 4.21. The summed E-state index contributed by atoms with van der Waals surface area (Å²) in [6, 6.07) is 7.64. The molecule has 2 bridgehead atoms. The maximum absolute atomic E-state index is 12.3. The number of amides is 1. The molecular weight excluding hydrogens is 310 g/mol. The van der Waals surface area contributed by atoms with E-state index in [1.165, 1.54) is 43.2 Å². The Morgan fingerprint density at radius 2 is 2.00 bits per heavy atom. The Morgan fingerprint density at radius 1 is 1.17 bits per heavy atom. The van der Waals surface area contributed by atoms with E-state index in [1.54, 1.807) is 0 Å². The summed E-state index contributed by atoms with van der Waals surface area (Å²) in [5.41, 5.74) is 3.82. The number of anilines is 1. The second kappa shape index (κ2) is 7.20. The van der Waals surface area contributed by atoms with Gasteiger partial charge in [0.2, 0.25) is 5.91 Å². The first-order chi connectivity index (χ1) is 10.8. The standard InChI is InChI=1S/C18H25N3O.ClH/c22-18(12-21-9-8-15-6-7-17(11-21)19-15)20-16-5-4-13-2-1-3-14(13)10-16;/h4-5,10,15,17,19H,1-3,6-9,11-12H2,(H,20,22);1H. The molecule has 2 saturated heterocycles. The van der Waals surface area contributed by atoms with Crippen LogP contribution in [0.15, 0.2) is 18.2 Å². The van der Waals surface area contributed by atoms with Gasteiger partial charge in [0.15, 0.2) is 0 Å². The van der Waals surface area contributed by atoms with Gasteiger partial charge in [0, 0.05) is 30.9 Å². The van der Waals surface area contributed by atoms with E-state index in [0.717, 1.165) is 25.2 Å². The Balaban J connectivity index is 0.00000156. The van der Waals surface area contributed by atoms with Gasteiger partial charge >= 0.3 is 0 Å². The number of carbonyl (C=O) groups excluding carboxylic acids is 1. The summed E-state index contributed by atoms with van der Waals surface area (Å²) >= 11 is 0. The largest absolute Gasteiger partial charge is 0.325 e. The number of nitrogens with zero attached hydrogens (tertiary/aromatic N) is 1. The number of fused-ring (bicyclic) bond motifs is 3. The first-order valence-corrected chi connectivity index (χ1v) is 8.66. The molecule has 5 heteroatoms. The maximum Gasteiger partial charge on any atom is 0.238 e. The molecule has 4 nitrogen and oxygen atoms in total. The molecule has 2 unspecified atom stereocenters. The Hall–Kier alpha value is -1.10. The van der Waals surface area contributed by atoms with Gasteiger partial charge in [-0.1, -0.05) is 6.07 Å². The second-order valence-electron chi connectivity index (χ2n) is 7.05. The SMILES string of the molecule is Cl.O=C(CN1CCC2CCC(C1)N2)Nc1ccc2c(c1)CCC2. The normalized spacial score (nSPS) is 26.3. The van der Waals surface area contributed by atoms with E-state index in [9.17, 15) is 4.79 Å². The average molecular weight is 336 g/mol. The lowest BCUT2D eigenvalue weighted by molar-refractivity contribution is -0.117. The van der Waals surface area contributed by atoms with Crippen molar-refractivity contribution in [1.29, 1.82) is 0 Å². The van der Waals surface area contributed by atoms with Crippen LogP contribution in [-0.4, -0.2) is 42.5 Å².